The molecule has 7 aliphatic rings. The molecule has 9 atom stereocenters. The zero-order valence-electron chi connectivity index (χ0n) is 32.3. The van der Waals surface area contributed by atoms with Crippen LogP contribution in [-0.4, -0.2) is 71.7 Å². The van der Waals surface area contributed by atoms with Crippen molar-refractivity contribution in [1.82, 2.24) is 9.80 Å². The number of likely N-dealkylation sites (tertiary alicyclic amines) is 2. The molecule has 2 saturated heterocycles. The highest BCUT2D eigenvalue weighted by Crippen LogP contribution is 2.77. The van der Waals surface area contributed by atoms with E-state index in [4.69, 9.17) is 4.74 Å². The van der Waals surface area contributed by atoms with Gasteiger partial charge in [-0.15, -0.1) is 0 Å². The van der Waals surface area contributed by atoms with Crippen LogP contribution >= 0.6 is 0 Å². The van der Waals surface area contributed by atoms with Gasteiger partial charge in [-0.05, 0) is 115 Å². The first-order chi connectivity index (χ1) is 23.3. The van der Waals surface area contributed by atoms with Gasteiger partial charge in [0.1, 0.15) is 6.10 Å². The molecule has 9 unspecified atom stereocenters. The third kappa shape index (κ3) is 5.23. The molecule has 8 heteroatoms. The van der Waals surface area contributed by atoms with E-state index in [-0.39, 0.29) is 76.1 Å². The Morgan fingerprint density at radius 3 is 2.20 bits per heavy atom. The fourth-order valence-electron chi connectivity index (χ4n) is 14.2. The number of nitrogens with zero attached hydrogens (tertiary/aromatic N) is 2. The number of esters is 1. The summed E-state index contributed by atoms with van der Waals surface area (Å²) in [6.07, 6.45) is 9.79. The smallest absolute Gasteiger partial charge is 0.302 e. The Kier molecular flexibility index (Phi) is 8.84. The molecule has 4 saturated carbocycles. The summed E-state index contributed by atoms with van der Waals surface area (Å²) < 4.78 is 33.9. The van der Waals surface area contributed by atoms with E-state index in [1.165, 1.54) is 12.5 Å². The zero-order valence-corrected chi connectivity index (χ0v) is 32.3. The average Bonchev–Trinajstić information content (AvgIpc) is 3.61. The molecular weight excluding hydrogens is 634 g/mol. The van der Waals surface area contributed by atoms with E-state index in [0.717, 1.165) is 69.8 Å². The third-order valence-corrected chi connectivity index (χ3v) is 16.8. The SMILES string of the molecule is CC(=O)OC1CCC2(C)C(CCC3(C)C2CCC2C4=C(C(C)C)C(=O)CC4(C(=O)N4CCCC4CN4CCC(F)(F)CC4)CCC23C)C1(C)C. The molecule has 5 aliphatic carbocycles. The van der Waals surface area contributed by atoms with E-state index < -0.39 is 11.3 Å². The van der Waals surface area contributed by atoms with Crippen LogP contribution in [0.25, 0.3) is 0 Å². The van der Waals surface area contributed by atoms with Crippen LogP contribution in [0, 0.1) is 50.7 Å². The van der Waals surface area contributed by atoms with Gasteiger partial charge in [-0.1, -0.05) is 48.5 Å². The van der Waals surface area contributed by atoms with Crippen LogP contribution in [0.4, 0.5) is 8.78 Å². The lowest BCUT2D eigenvalue weighted by molar-refractivity contribution is -0.232. The minimum Gasteiger partial charge on any atom is -0.462 e. The Labute approximate surface area is 299 Å². The van der Waals surface area contributed by atoms with Gasteiger partial charge in [-0.3, -0.25) is 14.4 Å². The van der Waals surface area contributed by atoms with Crippen molar-refractivity contribution in [3.8, 4) is 0 Å². The zero-order chi connectivity index (χ0) is 36.2. The van der Waals surface area contributed by atoms with E-state index in [2.05, 4.69) is 58.3 Å². The molecule has 0 aromatic heterocycles. The van der Waals surface area contributed by atoms with E-state index in [1.54, 1.807) is 0 Å². The van der Waals surface area contributed by atoms with E-state index >= 15 is 4.79 Å². The molecule has 0 aromatic rings. The quantitative estimate of drug-likeness (QED) is 0.269. The number of alkyl halides is 2. The summed E-state index contributed by atoms with van der Waals surface area (Å²) in [6, 6.07) is 0.0188. The molecule has 2 heterocycles. The summed E-state index contributed by atoms with van der Waals surface area (Å²) in [6.45, 7) is 20.2. The van der Waals surface area contributed by atoms with Gasteiger partial charge in [0.15, 0.2) is 5.78 Å². The molecule has 0 aromatic carbocycles. The molecule has 7 rings (SSSR count). The first kappa shape index (κ1) is 36.5. The first-order valence-corrected chi connectivity index (χ1v) is 20.2. The number of piperidine rings is 1. The highest BCUT2D eigenvalue weighted by atomic mass is 19.3. The summed E-state index contributed by atoms with van der Waals surface area (Å²) in [5.41, 5.74) is 1.43. The second-order valence-corrected chi connectivity index (χ2v) is 19.7. The van der Waals surface area contributed by atoms with Crippen molar-refractivity contribution < 1.29 is 27.9 Å². The van der Waals surface area contributed by atoms with Gasteiger partial charge in [0, 0.05) is 63.8 Å². The molecule has 0 bridgehead atoms. The summed E-state index contributed by atoms with van der Waals surface area (Å²) in [7, 11) is 0. The lowest BCUT2D eigenvalue weighted by Gasteiger charge is -2.72. The Morgan fingerprint density at radius 2 is 1.54 bits per heavy atom. The maximum atomic E-state index is 15.2. The van der Waals surface area contributed by atoms with Crippen molar-refractivity contribution in [2.24, 2.45) is 50.7 Å². The molecule has 0 radical (unpaired) electrons. The number of carbonyl (C=O) groups excluding carboxylic acids is 3. The second kappa shape index (κ2) is 12.1. The van der Waals surface area contributed by atoms with Crippen LogP contribution in [0.15, 0.2) is 11.1 Å². The number of amides is 1. The number of Topliss-reactive ketones (excluding diaryl/α,β-unsaturated/α-hetero) is 1. The summed E-state index contributed by atoms with van der Waals surface area (Å²) >= 11 is 0. The molecule has 50 heavy (non-hydrogen) atoms. The maximum Gasteiger partial charge on any atom is 0.302 e. The van der Waals surface area contributed by atoms with Crippen LogP contribution in [0.1, 0.15) is 139 Å². The highest BCUT2D eigenvalue weighted by molar-refractivity contribution is 6.07. The number of hydrogen-bond donors (Lipinski definition) is 0. The van der Waals surface area contributed by atoms with Crippen LogP contribution < -0.4 is 0 Å². The molecule has 6 nitrogen and oxygen atoms in total. The Bertz CT molecular complexity index is 1450. The molecule has 0 N–H and O–H groups in total. The van der Waals surface area contributed by atoms with Crippen molar-refractivity contribution >= 4 is 17.7 Å². The number of rotatable bonds is 5. The van der Waals surface area contributed by atoms with Gasteiger partial charge in [-0.25, -0.2) is 8.78 Å². The van der Waals surface area contributed by atoms with E-state index in [0.29, 0.717) is 44.4 Å². The predicted octanol–water partition coefficient (Wildman–Crippen LogP) is 8.62. The number of carbonyl (C=O) groups is 3. The van der Waals surface area contributed by atoms with Crippen LogP contribution in [0.5, 0.6) is 0 Å². The largest absolute Gasteiger partial charge is 0.462 e. The predicted molar refractivity (Wildman–Crippen MR) is 190 cm³/mol. The number of ether oxygens (including phenoxy) is 1. The molecule has 0 spiro atoms. The van der Waals surface area contributed by atoms with Gasteiger partial charge in [-0.2, -0.15) is 0 Å². The van der Waals surface area contributed by atoms with Gasteiger partial charge < -0.3 is 14.5 Å². The Hall–Kier alpha value is -1.83. The molecule has 6 fully saturated rings. The van der Waals surface area contributed by atoms with Crippen molar-refractivity contribution in [3.63, 3.8) is 0 Å². The monoisotopic (exact) mass is 698 g/mol. The van der Waals surface area contributed by atoms with Crippen molar-refractivity contribution in [1.29, 1.82) is 0 Å². The van der Waals surface area contributed by atoms with E-state index in [9.17, 15) is 18.4 Å². The minimum atomic E-state index is -2.58. The summed E-state index contributed by atoms with van der Waals surface area (Å²) in [4.78, 5) is 45.7. The Balaban J connectivity index is 1.20. The number of fused-ring (bicyclic) bond motifs is 7. The van der Waals surface area contributed by atoms with Crippen molar-refractivity contribution in [2.45, 2.75) is 157 Å². The summed E-state index contributed by atoms with van der Waals surface area (Å²) in [5.74, 6) is -1.19. The van der Waals surface area contributed by atoms with Crippen LogP contribution in [-0.2, 0) is 19.1 Å². The number of hydrogen-bond acceptors (Lipinski definition) is 5. The fraction of sp³-hybridized carbons (Fsp3) is 0.881. The Morgan fingerprint density at radius 1 is 0.840 bits per heavy atom. The number of ketones is 1. The normalized spacial score (nSPS) is 44.0. The maximum absolute atomic E-state index is 15.2. The third-order valence-electron chi connectivity index (χ3n) is 16.8. The molecule has 2 aliphatic heterocycles. The average molecular weight is 699 g/mol. The van der Waals surface area contributed by atoms with Crippen molar-refractivity contribution in [3.05, 3.63) is 11.1 Å². The molecule has 1 amide bonds. The second-order valence-electron chi connectivity index (χ2n) is 19.7. The topological polar surface area (TPSA) is 66.9 Å². The van der Waals surface area contributed by atoms with Gasteiger partial charge in [0.25, 0.3) is 5.92 Å². The standard InChI is InChI=1S/C42H64F2N2O4/c1-26(2)34-30(48)24-41(36(49)46-21-9-10-28(46)25-45-22-19-42(43,44)20-23-45)18-17-39(7)29(35(34)41)11-12-32-38(6)15-14-33(50-27(3)47)37(4,5)31(38)13-16-40(32,39)8/h26,28-29,31-33H,9-25H2,1-8H3. The lowest BCUT2D eigenvalue weighted by Crippen LogP contribution is -2.66. The van der Waals surface area contributed by atoms with Crippen LogP contribution in [0.3, 0.4) is 0 Å². The minimum absolute atomic E-state index is 0.0188. The van der Waals surface area contributed by atoms with Crippen LogP contribution in [0.2, 0.25) is 0 Å². The van der Waals surface area contributed by atoms with Crippen molar-refractivity contribution in [2.75, 3.05) is 26.2 Å². The first-order valence-electron chi connectivity index (χ1n) is 20.2. The van der Waals surface area contributed by atoms with Gasteiger partial charge >= 0.3 is 5.97 Å². The summed E-state index contributed by atoms with van der Waals surface area (Å²) in [5, 5.41) is 0. The van der Waals surface area contributed by atoms with Gasteiger partial charge in [0.2, 0.25) is 5.91 Å². The number of allylic oxidation sites excluding steroid dienone is 1. The highest BCUT2D eigenvalue weighted by Gasteiger charge is 2.71. The lowest BCUT2D eigenvalue weighted by atomic mass is 9.33. The molecular formula is C42H64F2N2O4. The van der Waals surface area contributed by atoms with Gasteiger partial charge in [0.05, 0.1) is 5.41 Å². The fourth-order valence-corrected chi connectivity index (χ4v) is 14.2. The number of halogens is 2. The molecule has 280 valence electrons. The van der Waals surface area contributed by atoms with E-state index in [1.807, 2.05) is 0 Å².